The van der Waals surface area contributed by atoms with Gasteiger partial charge in [-0.2, -0.15) is 5.10 Å². The maximum Gasteiger partial charge on any atom is 0.0924 e. The Hall–Kier alpha value is -1.32. The lowest BCUT2D eigenvalue weighted by Gasteiger charge is -2.06. The highest BCUT2D eigenvalue weighted by molar-refractivity contribution is 5.76. The van der Waals surface area contributed by atoms with Crippen LogP contribution in [-0.4, -0.2) is 22.2 Å². The molecule has 4 nitrogen and oxygen atoms in total. The van der Waals surface area contributed by atoms with Crippen LogP contribution in [0, 0.1) is 0 Å². The molecular formula is C9H14N4. The molecule has 0 saturated heterocycles. The van der Waals surface area contributed by atoms with E-state index in [0.29, 0.717) is 6.04 Å². The minimum absolute atomic E-state index is 0.583. The fourth-order valence-electron chi connectivity index (χ4n) is 1.60. The second kappa shape index (κ2) is 4.07. The number of nitrogens with zero attached hydrogens (tertiary/aromatic N) is 2. The van der Waals surface area contributed by atoms with Gasteiger partial charge in [0.25, 0.3) is 0 Å². The van der Waals surface area contributed by atoms with Crippen molar-refractivity contribution < 1.29 is 0 Å². The zero-order valence-corrected chi connectivity index (χ0v) is 7.53. The molecule has 1 heterocycles. The Balaban J connectivity index is 1.78. The first-order valence-electron chi connectivity index (χ1n) is 4.72. The largest absolute Gasteiger partial charge is 0.344 e. The van der Waals surface area contributed by atoms with E-state index in [1.165, 1.54) is 25.7 Å². The minimum Gasteiger partial charge on any atom is -0.344 e. The van der Waals surface area contributed by atoms with Crippen LogP contribution in [0.5, 0.6) is 0 Å². The van der Waals surface area contributed by atoms with Crippen LogP contribution in [0.4, 0.5) is 0 Å². The summed E-state index contributed by atoms with van der Waals surface area (Å²) in [4.78, 5) is 6.86. The van der Waals surface area contributed by atoms with Crippen LogP contribution in [0.25, 0.3) is 0 Å². The third kappa shape index (κ3) is 2.31. The van der Waals surface area contributed by atoms with Gasteiger partial charge in [0.05, 0.1) is 24.4 Å². The van der Waals surface area contributed by atoms with Crippen molar-refractivity contribution in [3.05, 3.63) is 18.2 Å². The molecule has 0 unspecified atom stereocenters. The molecule has 1 aromatic rings. The number of rotatable bonds is 3. The van der Waals surface area contributed by atoms with Crippen molar-refractivity contribution in [3.8, 4) is 0 Å². The topological polar surface area (TPSA) is 53.1 Å². The van der Waals surface area contributed by atoms with Crippen molar-refractivity contribution in [2.75, 3.05) is 0 Å². The number of imidazole rings is 1. The fourth-order valence-corrected chi connectivity index (χ4v) is 1.60. The van der Waals surface area contributed by atoms with Gasteiger partial charge in [0.2, 0.25) is 0 Å². The van der Waals surface area contributed by atoms with Crippen LogP contribution in [-0.2, 0) is 0 Å². The molecular weight excluding hydrogens is 164 g/mol. The van der Waals surface area contributed by atoms with Crippen molar-refractivity contribution in [2.45, 2.75) is 31.7 Å². The molecule has 0 spiro atoms. The van der Waals surface area contributed by atoms with Gasteiger partial charge < -0.3 is 10.4 Å². The number of hydrogen-bond donors (Lipinski definition) is 2. The van der Waals surface area contributed by atoms with Gasteiger partial charge in [-0.05, 0) is 12.8 Å². The van der Waals surface area contributed by atoms with Crippen molar-refractivity contribution in [3.63, 3.8) is 0 Å². The molecule has 2 rings (SSSR count). The molecule has 0 aromatic carbocycles. The molecule has 4 heteroatoms. The lowest BCUT2D eigenvalue weighted by molar-refractivity contribution is 0.548. The van der Waals surface area contributed by atoms with E-state index in [-0.39, 0.29) is 0 Å². The summed E-state index contributed by atoms with van der Waals surface area (Å²) in [6.07, 6.45) is 10.3. The molecule has 1 saturated carbocycles. The summed E-state index contributed by atoms with van der Waals surface area (Å²) in [6.45, 7) is 0. The lowest BCUT2D eigenvalue weighted by atomic mass is 10.3. The predicted octanol–water partition coefficient (Wildman–Crippen LogP) is 1.28. The van der Waals surface area contributed by atoms with Crippen LogP contribution in [0.3, 0.4) is 0 Å². The first-order chi connectivity index (χ1) is 6.45. The molecule has 70 valence electrons. The predicted molar refractivity (Wildman–Crippen MR) is 51.6 cm³/mol. The van der Waals surface area contributed by atoms with E-state index in [2.05, 4.69) is 20.5 Å². The van der Waals surface area contributed by atoms with E-state index < -0.39 is 0 Å². The van der Waals surface area contributed by atoms with Crippen LogP contribution in [0.15, 0.2) is 17.6 Å². The van der Waals surface area contributed by atoms with E-state index in [1.54, 1.807) is 18.7 Å². The molecule has 1 aliphatic carbocycles. The molecule has 0 radical (unpaired) electrons. The SMILES string of the molecule is C(=N\NC1CCCC1)/c1cnc[nH]1. The number of H-pyrrole nitrogens is 1. The van der Waals surface area contributed by atoms with Crippen LogP contribution >= 0.6 is 0 Å². The number of hydrogen-bond acceptors (Lipinski definition) is 3. The first-order valence-corrected chi connectivity index (χ1v) is 4.72. The van der Waals surface area contributed by atoms with Crippen LogP contribution < -0.4 is 5.43 Å². The Morgan fingerprint density at radius 3 is 3.08 bits per heavy atom. The maximum absolute atomic E-state index is 4.15. The number of aromatic amines is 1. The van der Waals surface area contributed by atoms with Crippen molar-refractivity contribution in [1.29, 1.82) is 0 Å². The molecule has 1 aliphatic rings. The van der Waals surface area contributed by atoms with E-state index in [9.17, 15) is 0 Å². The Morgan fingerprint density at radius 2 is 2.38 bits per heavy atom. The summed E-state index contributed by atoms with van der Waals surface area (Å²) in [6, 6.07) is 0.583. The molecule has 13 heavy (non-hydrogen) atoms. The van der Waals surface area contributed by atoms with Gasteiger partial charge in [0.15, 0.2) is 0 Å². The minimum atomic E-state index is 0.583. The zero-order valence-electron chi connectivity index (χ0n) is 7.53. The number of nitrogens with one attached hydrogen (secondary N) is 2. The maximum atomic E-state index is 4.15. The lowest BCUT2D eigenvalue weighted by Crippen LogP contribution is -2.20. The number of hydrazone groups is 1. The summed E-state index contributed by atoms with van der Waals surface area (Å²) in [5.41, 5.74) is 4.08. The Kier molecular flexibility index (Phi) is 2.59. The standard InChI is InChI=1S/C9H14N4/c1-2-4-8(3-1)13-12-6-9-5-10-7-11-9/h5-8,13H,1-4H2,(H,10,11)/b12-6+. The van der Waals surface area contributed by atoms with E-state index in [0.717, 1.165) is 5.69 Å². The summed E-state index contributed by atoms with van der Waals surface area (Å²) >= 11 is 0. The molecule has 1 aromatic heterocycles. The molecule has 2 N–H and O–H groups in total. The highest BCUT2D eigenvalue weighted by Crippen LogP contribution is 2.17. The zero-order chi connectivity index (χ0) is 8.93. The van der Waals surface area contributed by atoms with Crippen molar-refractivity contribution in [2.24, 2.45) is 5.10 Å². The second-order valence-electron chi connectivity index (χ2n) is 3.38. The summed E-state index contributed by atoms with van der Waals surface area (Å²) in [5.74, 6) is 0. The molecule has 0 atom stereocenters. The Bertz CT molecular complexity index is 259. The third-order valence-electron chi connectivity index (χ3n) is 2.34. The van der Waals surface area contributed by atoms with Gasteiger partial charge in [-0.15, -0.1) is 0 Å². The molecule has 1 fully saturated rings. The fraction of sp³-hybridized carbons (Fsp3) is 0.556. The van der Waals surface area contributed by atoms with Gasteiger partial charge in [-0.1, -0.05) is 12.8 Å². The van der Waals surface area contributed by atoms with Gasteiger partial charge in [-0.25, -0.2) is 4.98 Å². The van der Waals surface area contributed by atoms with Gasteiger partial charge >= 0.3 is 0 Å². The average Bonchev–Trinajstić information content (AvgIpc) is 2.75. The summed E-state index contributed by atoms with van der Waals surface area (Å²) in [7, 11) is 0. The van der Waals surface area contributed by atoms with Crippen LogP contribution in [0.2, 0.25) is 0 Å². The van der Waals surface area contributed by atoms with E-state index >= 15 is 0 Å². The monoisotopic (exact) mass is 178 g/mol. The first kappa shape index (κ1) is 8.29. The van der Waals surface area contributed by atoms with Crippen molar-refractivity contribution in [1.82, 2.24) is 15.4 Å². The number of aromatic nitrogens is 2. The van der Waals surface area contributed by atoms with E-state index in [4.69, 9.17) is 0 Å². The van der Waals surface area contributed by atoms with Gasteiger partial charge in [-0.3, -0.25) is 0 Å². The van der Waals surface area contributed by atoms with Crippen LogP contribution in [0.1, 0.15) is 31.4 Å². The smallest absolute Gasteiger partial charge is 0.0924 e. The summed E-state index contributed by atoms with van der Waals surface area (Å²) < 4.78 is 0. The highest BCUT2D eigenvalue weighted by Gasteiger charge is 2.12. The quantitative estimate of drug-likeness (QED) is 0.541. The van der Waals surface area contributed by atoms with Gasteiger partial charge in [0.1, 0.15) is 0 Å². The van der Waals surface area contributed by atoms with E-state index in [1.807, 2.05) is 0 Å². The Morgan fingerprint density at radius 1 is 1.54 bits per heavy atom. The Labute approximate surface area is 77.5 Å². The molecule has 0 amide bonds. The van der Waals surface area contributed by atoms with Gasteiger partial charge in [0, 0.05) is 6.04 Å². The summed E-state index contributed by atoms with van der Waals surface area (Å²) in [5, 5.41) is 4.15. The normalized spacial score (nSPS) is 18.5. The third-order valence-corrected chi connectivity index (χ3v) is 2.34. The molecule has 0 aliphatic heterocycles. The highest BCUT2D eigenvalue weighted by atomic mass is 15.3. The van der Waals surface area contributed by atoms with Crippen molar-refractivity contribution >= 4 is 6.21 Å². The second-order valence-corrected chi connectivity index (χ2v) is 3.38. The molecule has 0 bridgehead atoms. The average molecular weight is 178 g/mol.